The first-order chi connectivity index (χ1) is 11.8. The first kappa shape index (κ1) is 17.9. The van der Waals surface area contributed by atoms with E-state index in [1.807, 2.05) is 11.8 Å². The second-order valence-corrected chi connectivity index (χ2v) is 10.3. The molecule has 0 aromatic carbocycles. The average molecular weight is 367 g/mol. The van der Waals surface area contributed by atoms with Crippen LogP contribution >= 0.6 is 11.8 Å². The molecule has 0 bridgehead atoms. The molecular formula is C20H30O4S. The number of thioether (sulfide) groups is 1. The largest absolute Gasteiger partial charge is 0.461 e. The van der Waals surface area contributed by atoms with E-state index in [-0.39, 0.29) is 34.9 Å². The molecule has 1 saturated heterocycles. The van der Waals surface area contributed by atoms with Gasteiger partial charge in [-0.05, 0) is 43.4 Å². The number of ether oxygens (including phenoxy) is 1. The van der Waals surface area contributed by atoms with Crippen molar-refractivity contribution in [2.45, 2.75) is 76.4 Å². The van der Waals surface area contributed by atoms with E-state index in [0.29, 0.717) is 17.6 Å². The summed E-state index contributed by atoms with van der Waals surface area (Å²) in [5.74, 6) is 1.31. The van der Waals surface area contributed by atoms with Crippen LogP contribution in [0.1, 0.15) is 52.9 Å². The predicted molar refractivity (Wildman–Crippen MR) is 98.2 cm³/mol. The fraction of sp³-hybridized carbons (Fsp3) is 0.850. The Hall–Kier alpha value is -0.520. The predicted octanol–water partition coefficient (Wildman–Crippen LogP) is 2.92. The number of esters is 1. The van der Waals surface area contributed by atoms with E-state index in [1.165, 1.54) is 12.5 Å². The van der Waals surface area contributed by atoms with Crippen molar-refractivity contribution in [3.63, 3.8) is 0 Å². The third kappa shape index (κ3) is 2.61. The first-order valence-electron chi connectivity index (χ1n) is 9.62. The molecule has 2 N–H and O–H groups in total. The highest BCUT2D eigenvalue weighted by Crippen LogP contribution is 2.64. The van der Waals surface area contributed by atoms with E-state index in [0.717, 1.165) is 31.4 Å². The van der Waals surface area contributed by atoms with E-state index in [2.05, 4.69) is 19.9 Å². The monoisotopic (exact) mass is 366 g/mol. The normalized spacial score (nSPS) is 51.8. The van der Waals surface area contributed by atoms with Gasteiger partial charge in [0.05, 0.1) is 12.2 Å². The molecule has 1 aliphatic heterocycles. The molecule has 0 radical (unpaired) electrons. The smallest absolute Gasteiger partial charge is 0.302 e. The lowest BCUT2D eigenvalue weighted by atomic mass is 9.49. The third-order valence-electron chi connectivity index (χ3n) is 7.70. The molecule has 4 aliphatic rings. The lowest BCUT2D eigenvalue weighted by molar-refractivity contribution is -0.154. The highest BCUT2D eigenvalue weighted by Gasteiger charge is 2.62. The van der Waals surface area contributed by atoms with Crippen LogP contribution in [0.4, 0.5) is 0 Å². The Morgan fingerprint density at radius 2 is 2.04 bits per heavy atom. The van der Waals surface area contributed by atoms with E-state index in [4.69, 9.17) is 4.74 Å². The van der Waals surface area contributed by atoms with Gasteiger partial charge in [-0.1, -0.05) is 25.5 Å². The van der Waals surface area contributed by atoms with E-state index in [9.17, 15) is 15.0 Å². The number of rotatable bonds is 1. The van der Waals surface area contributed by atoms with Gasteiger partial charge in [-0.3, -0.25) is 4.79 Å². The number of aliphatic hydroxyl groups excluding tert-OH is 2. The summed E-state index contributed by atoms with van der Waals surface area (Å²) in [4.78, 5) is 11.5. The van der Waals surface area contributed by atoms with Crippen LogP contribution in [0.2, 0.25) is 0 Å². The van der Waals surface area contributed by atoms with Crippen molar-refractivity contribution in [3.05, 3.63) is 11.6 Å². The van der Waals surface area contributed by atoms with Crippen LogP contribution in [0, 0.1) is 22.7 Å². The standard InChI is InChI=1S/C20H30O4S/c1-11(21)24-16-10-25-18-17-14(5-7-20(16,18)3)19(2)6-4-13(22)8-12(19)9-15(17)23/h9,13-18,22-23H,4-8,10H2,1-3H3/t13-,14?,15-,16-,17?,18?,19-,20+/m0/s1. The summed E-state index contributed by atoms with van der Waals surface area (Å²) in [6, 6.07) is 0. The second kappa shape index (κ2) is 6.00. The van der Waals surface area contributed by atoms with E-state index >= 15 is 0 Å². The lowest BCUT2D eigenvalue weighted by Gasteiger charge is -2.58. The van der Waals surface area contributed by atoms with Gasteiger partial charge in [0.25, 0.3) is 0 Å². The summed E-state index contributed by atoms with van der Waals surface area (Å²) in [6.07, 6.45) is 5.99. The van der Waals surface area contributed by atoms with Crippen LogP contribution in [0.3, 0.4) is 0 Å². The summed E-state index contributed by atoms with van der Waals surface area (Å²) in [6.45, 7) is 6.09. The van der Waals surface area contributed by atoms with Gasteiger partial charge < -0.3 is 14.9 Å². The third-order valence-corrected chi connectivity index (χ3v) is 9.41. The van der Waals surface area contributed by atoms with Gasteiger partial charge in [0.15, 0.2) is 0 Å². The van der Waals surface area contributed by atoms with E-state index in [1.54, 1.807) is 0 Å². The summed E-state index contributed by atoms with van der Waals surface area (Å²) in [7, 11) is 0. The molecule has 4 nitrogen and oxygen atoms in total. The maximum atomic E-state index is 11.5. The number of carbonyl (C=O) groups excluding carboxylic acids is 1. The fourth-order valence-electron chi connectivity index (χ4n) is 6.22. The SMILES string of the molecule is CC(=O)O[C@H]1CSC2C3C(CC[C@@]21C)[C@@]1(C)CC[C@H](O)CC1=C[C@@H]3O. The van der Waals surface area contributed by atoms with Crippen LogP contribution < -0.4 is 0 Å². The minimum absolute atomic E-state index is 0.0421. The van der Waals surface area contributed by atoms with Gasteiger partial charge in [-0.25, -0.2) is 0 Å². The van der Waals surface area contributed by atoms with Crippen LogP contribution in [-0.2, 0) is 9.53 Å². The van der Waals surface area contributed by atoms with Gasteiger partial charge in [0.1, 0.15) is 6.10 Å². The topological polar surface area (TPSA) is 66.8 Å². The molecule has 8 atom stereocenters. The Labute approximate surface area is 154 Å². The zero-order valence-corrected chi connectivity index (χ0v) is 16.2. The molecule has 2 saturated carbocycles. The molecule has 0 spiro atoms. The Morgan fingerprint density at radius 3 is 2.76 bits per heavy atom. The van der Waals surface area contributed by atoms with Crippen molar-refractivity contribution in [1.82, 2.24) is 0 Å². The Balaban J connectivity index is 1.67. The van der Waals surface area contributed by atoms with Crippen LogP contribution in [0.15, 0.2) is 11.6 Å². The summed E-state index contributed by atoms with van der Waals surface area (Å²) in [5.41, 5.74) is 1.32. The maximum Gasteiger partial charge on any atom is 0.302 e. The van der Waals surface area contributed by atoms with Gasteiger partial charge >= 0.3 is 5.97 Å². The molecule has 3 unspecified atom stereocenters. The van der Waals surface area contributed by atoms with Crippen LogP contribution in [0.25, 0.3) is 0 Å². The number of fused-ring (bicyclic) bond motifs is 5. The van der Waals surface area contributed by atoms with Gasteiger partial charge in [-0.15, -0.1) is 0 Å². The molecule has 0 aromatic rings. The summed E-state index contributed by atoms with van der Waals surface area (Å²) < 4.78 is 5.65. The molecule has 0 amide bonds. The minimum Gasteiger partial charge on any atom is -0.461 e. The average Bonchev–Trinajstić information content (AvgIpc) is 2.85. The number of carbonyl (C=O) groups is 1. The van der Waals surface area contributed by atoms with Gasteiger partial charge in [0.2, 0.25) is 0 Å². The van der Waals surface area contributed by atoms with Crippen molar-refractivity contribution in [2.24, 2.45) is 22.7 Å². The number of hydrogen-bond donors (Lipinski definition) is 2. The van der Waals surface area contributed by atoms with Crippen molar-refractivity contribution in [3.8, 4) is 0 Å². The quantitative estimate of drug-likeness (QED) is 0.552. The molecule has 4 rings (SSSR count). The van der Waals surface area contributed by atoms with E-state index < -0.39 is 6.10 Å². The molecule has 5 heteroatoms. The van der Waals surface area contributed by atoms with Crippen LogP contribution in [0.5, 0.6) is 0 Å². The first-order valence-corrected chi connectivity index (χ1v) is 10.7. The van der Waals surface area contributed by atoms with Gasteiger partial charge in [0, 0.05) is 29.3 Å². The molecule has 25 heavy (non-hydrogen) atoms. The van der Waals surface area contributed by atoms with Crippen molar-refractivity contribution in [1.29, 1.82) is 0 Å². The van der Waals surface area contributed by atoms with Crippen molar-refractivity contribution < 1.29 is 19.7 Å². The highest BCUT2D eigenvalue weighted by atomic mass is 32.2. The molecule has 140 valence electrons. The van der Waals surface area contributed by atoms with Crippen molar-refractivity contribution >= 4 is 17.7 Å². The zero-order chi connectivity index (χ0) is 18.0. The highest BCUT2D eigenvalue weighted by molar-refractivity contribution is 8.00. The molecule has 1 heterocycles. The molecule has 3 fully saturated rings. The minimum atomic E-state index is -0.452. The maximum absolute atomic E-state index is 11.5. The van der Waals surface area contributed by atoms with Crippen molar-refractivity contribution in [2.75, 3.05) is 5.75 Å². The second-order valence-electron chi connectivity index (χ2n) is 9.08. The molecular weight excluding hydrogens is 336 g/mol. The summed E-state index contributed by atoms with van der Waals surface area (Å²) in [5, 5.41) is 21.4. The zero-order valence-electron chi connectivity index (χ0n) is 15.4. The Kier molecular flexibility index (Phi) is 4.29. The lowest BCUT2D eigenvalue weighted by Crippen LogP contribution is -2.57. The Bertz CT molecular complexity index is 605. The number of aliphatic hydroxyl groups is 2. The summed E-state index contributed by atoms with van der Waals surface area (Å²) >= 11 is 1.89. The molecule has 0 aromatic heterocycles. The van der Waals surface area contributed by atoms with Gasteiger partial charge in [-0.2, -0.15) is 11.8 Å². The Morgan fingerprint density at radius 1 is 1.28 bits per heavy atom. The molecule has 3 aliphatic carbocycles. The number of hydrogen-bond acceptors (Lipinski definition) is 5. The fourth-order valence-corrected chi connectivity index (χ4v) is 8.28. The van der Waals surface area contributed by atoms with Crippen LogP contribution in [-0.4, -0.2) is 45.5 Å².